The number of anilines is 1. The number of hydrogen-bond donors (Lipinski definition) is 1. The molecular weight excluding hydrogens is 268 g/mol. The summed E-state index contributed by atoms with van der Waals surface area (Å²) >= 11 is 17.6. The quantitative estimate of drug-likeness (QED) is 0.804. The largest absolute Gasteiger partial charge is 0.324 e. The van der Waals surface area contributed by atoms with E-state index in [0.29, 0.717) is 20.8 Å². The molecule has 16 heavy (non-hydrogen) atoms. The molecule has 2 nitrogen and oxygen atoms in total. The number of hydrogen-bond acceptors (Lipinski definition) is 1. The number of nitrogens with one attached hydrogen (secondary N) is 1. The maximum atomic E-state index is 11.6. The smallest absolute Gasteiger partial charge is 0.227 e. The molecule has 1 rings (SSSR count). The minimum absolute atomic E-state index is 0.0643. The van der Waals surface area contributed by atoms with Crippen LogP contribution in [0, 0.1) is 5.92 Å². The van der Waals surface area contributed by atoms with Gasteiger partial charge < -0.3 is 5.32 Å². The zero-order valence-electron chi connectivity index (χ0n) is 8.98. The zero-order valence-corrected chi connectivity index (χ0v) is 11.2. The normalized spacial score (nSPS) is 12.3. The molecule has 0 unspecified atom stereocenters. The van der Waals surface area contributed by atoms with Gasteiger partial charge in [0, 0.05) is 5.92 Å². The van der Waals surface area contributed by atoms with Gasteiger partial charge in [0.05, 0.1) is 20.8 Å². The summed E-state index contributed by atoms with van der Waals surface area (Å²) in [7, 11) is 0. The van der Waals surface area contributed by atoms with E-state index in [9.17, 15) is 4.79 Å². The van der Waals surface area contributed by atoms with Gasteiger partial charge in [-0.05, 0) is 18.6 Å². The van der Waals surface area contributed by atoms with Gasteiger partial charge in [0.25, 0.3) is 0 Å². The Labute approximate surface area is 110 Å². The second-order valence-corrected chi connectivity index (χ2v) is 4.77. The molecule has 0 aliphatic rings. The maximum absolute atomic E-state index is 11.6. The van der Waals surface area contributed by atoms with E-state index in [-0.39, 0.29) is 11.8 Å². The van der Waals surface area contributed by atoms with Gasteiger partial charge >= 0.3 is 0 Å². The topological polar surface area (TPSA) is 29.1 Å². The third kappa shape index (κ3) is 3.27. The van der Waals surface area contributed by atoms with Gasteiger partial charge in [0.15, 0.2) is 0 Å². The Kier molecular flexibility index (Phi) is 4.90. The molecule has 0 radical (unpaired) electrons. The molecule has 0 saturated carbocycles. The van der Waals surface area contributed by atoms with Crippen molar-refractivity contribution >= 4 is 46.4 Å². The van der Waals surface area contributed by atoms with E-state index >= 15 is 0 Å². The number of rotatable bonds is 3. The minimum atomic E-state index is -0.0808. The van der Waals surface area contributed by atoms with Crippen LogP contribution in [0.15, 0.2) is 12.1 Å². The Morgan fingerprint density at radius 1 is 1.25 bits per heavy atom. The Hall–Kier alpha value is -0.440. The van der Waals surface area contributed by atoms with Crippen molar-refractivity contribution in [2.24, 2.45) is 5.92 Å². The second kappa shape index (κ2) is 5.76. The van der Waals surface area contributed by atoms with Gasteiger partial charge in [0.2, 0.25) is 5.91 Å². The summed E-state index contributed by atoms with van der Waals surface area (Å²) < 4.78 is 0. The van der Waals surface area contributed by atoms with Crippen LogP contribution in [0.2, 0.25) is 15.1 Å². The average Bonchev–Trinajstić information content (AvgIpc) is 2.24. The summed E-state index contributed by atoms with van der Waals surface area (Å²) in [5.74, 6) is -0.145. The molecule has 0 saturated heterocycles. The monoisotopic (exact) mass is 279 g/mol. The molecule has 88 valence electrons. The first-order valence-electron chi connectivity index (χ1n) is 4.91. The van der Waals surface area contributed by atoms with Crippen molar-refractivity contribution in [3.63, 3.8) is 0 Å². The lowest BCUT2D eigenvalue weighted by atomic mass is 10.1. The second-order valence-electron chi connectivity index (χ2n) is 3.54. The Morgan fingerprint density at radius 3 is 2.38 bits per heavy atom. The Bertz CT molecular complexity index is 406. The van der Waals surface area contributed by atoms with Crippen molar-refractivity contribution in [3.05, 3.63) is 27.2 Å². The van der Waals surface area contributed by atoms with Crippen LogP contribution >= 0.6 is 34.8 Å². The lowest BCUT2D eigenvalue weighted by Gasteiger charge is -2.12. The summed E-state index contributed by atoms with van der Waals surface area (Å²) in [4.78, 5) is 11.6. The number of halogens is 3. The van der Waals surface area contributed by atoms with Gasteiger partial charge in [-0.3, -0.25) is 4.79 Å². The maximum Gasteiger partial charge on any atom is 0.227 e. The average molecular weight is 281 g/mol. The molecule has 1 atom stereocenters. The van der Waals surface area contributed by atoms with Gasteiger partial charge in [-0.2, -0.15) is 0 Å². The first-order valence-corrected chi connectivity index (χ1v) is 6.04. The molecular formula is C11H12Cl3NO. The van der Waals surface area contributed by atoms with E-state index in [1.54, 1.807) is 6.07 Å². The first kappa shape index (κ1) is 13.6. The van der Waals surface area contributed by atoms with Crippen LogP contribution in [0.1, 0.15) is 20.3 Å². The standard InChI is InChI=1S/C11H12Cl3NO/c1-3-6(2)11(16)15-10-5-8(13)7(12)4-9(10)14/h4-6H,3H2,1-2H3,(H,15,16)/t6-/m1/s1. The fourth-order valence-electron chi connectivity index (χ4n) is 1.06. The summed E-state index contributed by atoms with van der Waals surface area (Å²) in [6.45, 7) is 3.79. The highest BCUT2D eigenvalue weighted by Gasteiger charge is 2.13. The number of benzene rings is 1. The van der Waals surface area contributed by atoms with Crippen molar-refractivity contribution in [3.8, 4) is 0 Å². The van der Waals surface area contributed by atoms with Crippen LogP contribution in [0.4, 0.5) is 5.69 Å². The highest BCUT2D eigenvalue weighted by Crippen LogP contribution is 2.32. The van der Waals surface area contributed by atoms with E-state index in [1.165, 1.54) is 6.07 Å². The van der Waals surface area contributed by atoms with Crippen LogP contribution in [0.5, 0.6) is 0 Å². The third-order valence-corrected chi connectivity index (χ3v) is 3.36. The zero-order chi connectivity index (χ0) is 12.3. The van der Waals surface area contributed by atoms with E-state index < -0.39 is 0 Å². The molecule has 0 heterocycles. The molecule has 1 amide bonds. The fraction of sp³-hybridized carbons (Fsp3) is 0.364. The lowest BCUT2D eigenvalue weighted by molar-refractivity contribution is -0.119. The SMILES string of the molecule is CC[C@@H](C)C(=O)Nc1cc(Cl)c(Cl)cc1Cl. The molecule has 1 N–H and O–H groups in total. The van der Waals surface area contributed by atoms with Crippen LogP contribution in [0.3, 0.4) is 0 Å². The summed E-state index contributed by atoms with van der Waals surface area (Å²) in [5, 5.41) is 3.83. The third-order valence-electron chi connectivity index (χ3n) is 2.33. The number of amides is 1. The van der Waals surface area contributed by atoms with Gasteiger partial charge in [-0.1, -0.05) is 48.7 Å². The van der Waals surface area contributed by atoms with Crippen molar-refractivity contribution in [1.82, 2.24) is 0 Å². The van der Waals surface area contributed by atoms with Gasteiger partial charge in [-0.15, -0.1) is 0 Å². The van der Waals surface area contributed by atoms with E-state index in [4.69, 9.17) is 34.8 Å². The predicted molar refractivity (Wildman–Crippen MR) is 69.6 cm³/mol. The molecule has 0 bridgehead atoms. The van der Waals surface area contributed by atoms with Crippen LogP contribution in [-0.2, 0) is 4.79 Å². The molecule has 1 aromatic rings. The highest BCUT2D eigenvalue weighted by molar-refractivity contribution is 6.44. The first-order chi connectivity index (χ1) is 7.45. The predicted octanol–water partition coefficient (Wildman–Crippen LogP) is 4.63. The van der Waals surface area contributed by atoms with Crippen LogP contribution in [0.25, 0.3) is 0 Å². The van der Waals surface area contributed by atoms with Gasteiger partial charge in [-0.25, -0.2) is 0 Å². The van der Waals surface area contributed by atoms with Crippen molar-refractivity contribution in [1.29, 1.82) is 0 Å². The Morgan fingerprint density at radius 2 is 1.81 bits per heavy atom. The molecule has 0 fully saturated rings. The number of carbonyl (C=O) groups excluding carboxylic acids is 1. The van der Waals surface area contributed by atoms with Crippen LogP contribution in [-0.4, -0.2) is 5.91 Å². The molecule has 0 spiro atoms. The van der Waals surface area contributed by atoms with Crippen LogP contribution < -0.4 is 5.32 Å². The molecule has 1 aromatic carbocycles. The lowest BCUT2D eigenvalue weighted by Crippen LogP contribution is -2.19. The molecule has 0 aromatic heterocycles. The van der Waals surface area contributed by atoms with E-state index in [2.05, 4.69) is 5.32 Å². The summed E-state index contributed by atoms with van der Waals surface area (Å²) in [6, 6.07) is 3.06. The fourth-order valence-corrected chi connectivity index (χ4v) is 1.65. The molecule has 5 heteroatoms. The summed E-state index contributed by atoms with van der Waals surface area (Å²) in [5.41, 5.74) is 0.487. The molecule has 0 aliphatic carbocycles. The van der Waals surface area contributed by atoms with Gasteiger partial charge in [0.1, 0.15) is 0 Å². The van der Waals surface area contributed by atoms with E-state index in [1.807, 2.05) is 13.8 Å². The van der Waals surface area contributed by atoms with E-state index in [0.717, 1.165) is 6.42 Å². The van der Waals surface area contributed by atoms with Crippen molar-refractivity contribution in [2.45, 2.75) is 20.3 Å². The number of carbonyl (C=O) groups is 1. The van der Waals surface area contributed by atoms with Crippen molar-refractivity contribution in [2.75, 3.05) is 5.32 Å². The summed E-state index contributed by atoms with van der Waals surface area (Å²) in [6.07, 6.45) is 0.769. The highest BCUT2D eigenvalue weighted by atomic mass is 35.5. The molecule has 0 aliphatic heterocycles. The minimum Gasteiger partial charge on any atom is -0.324 e. The van der Waals surface area contributed by atoms with Crippen molar-refractivity contribution < 1.29 is 4.79 Å². The Balaban J connectivity index is 2.90.